The normalized spacial score (nSPS) is 10.3. The van der Waals surface area contributed by atoms with E-state index in [-0.39, 0.29) is 16.6 Å². The lowest BCUT2D eigenvalue weighted by Crippen LogP contribution is -2.16. The minimum Gasteiger partial charge on any atom is -0.508 e. The van der Waals surface area contributed by atoms with E-state index in [4.69, 9.17) is 0 Å². The maximum Gasteiger partial charge on any atom is 0.228 e. The molecule has 0 saturated heterocycles. The van der Waals surface area contributed by atoms with Crippen LogP contribution in [0.3, 0.4) is 0 Å². The summed E-state index contributed by atoms with van der Waals surface area (Å²) in [7, 11) is 0. The summed E-state index contributed by atoms with van der Waals surface area (Å²) >= 11 is 2.95. The molecule has 104 valence electrons. The van der Waals surface area contributed by atoms with Gasteiger partial charge in [-0.05, 0) is 29.8 Å². The van der Waals surface area contributed by atoms with Crippen LogP contribution in [0.25, 0.3) is 0 Å². The van der Waals surface area contributed by atoms with Crippen LogP contribution < -0.4 is 5.32 Å². The van der Waals surface area contributed by atoms with Crippen molar-refractivity contribution in [1.82, 2.24) is 0 Å². The maximum atomic E-state index is 13.5. The van der Waals surface area contributed by atoms with E-state index in [0.29, 0.717) is 5.56 Å². The minimum absolute atomic E-state index is 0.0244. The van der Waals surface area contributed by atoms with Crippen molar-refractivity contribution in [2.45, 2.75) is 6.42 Å². The standard InChI is InChI=1S/C14H10BrF2NO2/c15-9-6-11(16)14(12(17)7-9)18-13(20)5-8-2-1-3-10(19)4-8/h1-4,6-7,19H,5H2,(H,18,20). The molecule has 6 heteroatoms. The van der Waals surface area contributed by atoms with E-state index in [1.165, 1.54) is 12.1 Å². The van der Waals surface area contributed by atoms with Gasteiger partial charge in [0.25, 0.3) is 0 Å². The van der Waals surface area contributed by atoms with E-state index >= 15 is 0 Å². The Morgan fingerprint density at radius 1 is 1.20 bits per heavy atom. The molecule has 2 rings (SSSR count). The molecule has 0 radical (unpaired) electrons. The Morgan fingerprint density at radius 2 is 1.85 bits per heavy atom. The third-order valence-corrected chi connectivity index (χ3v) is 3.00. The summed E-state index contributed by atoms with van der Waals surface area (Å²) in [6, 6.07) is 8.22. The highest BCUT2D eigenvalue weighted by molar-refractivity contribution is 9.10. The van der Waals surface area contributed by atoms with Crippen molar-refractivity contribution < 1.29 is 18.7 Å². The van der Waals surface area contributed by atoms with Gasteiger partial charge in [-0.25, -0.2) is 8.78 Å². The van der Waals surface area contributed by atoms with Crippen molar-refractivity contribution >= 4 is 27.5 Å². The van der Waals surface area contributed by atoms with Gasteiger partial charge >= 0.3 is 0 Å². The molecule has 0 unspecified atom stereocenters. The van der Waals surface area contributed by atoms with Gasteiger partial charge in [0.2, 0.25) is 5.91 Å². The Hall–Kier alpha value is -1.95. The zero-order valence-corrected chi connectivity index (χ0v) is 11.7. The van der Waals surface area contributed by atoms with Crippen molar-refractivity contribution in [2.24, 2.45) is 0 Å². The summed E-state index contributed by atoms with van der Waals surface area (Å²) in [5, 5.41) is 11.5. The zero-order chi connectivity index (χ0) is 14.7. The Labute approximate surface area is 122 Å². The first-order valence-electron chi connectivity index (χ1n) is 5.68. The van der Waals surface area contributed by atoms with Crippen LogP contribution in [-0.2, 0) is 11.2 Å². The lowest BCUT2D eigenvalue weighted by molar-refractivity contribution is -0.115. The molecule has 2 aromatic carbocycles. The van der Waals surface area contributed by atoms with Crippen LogP contribution in [0.1, 0.15) is 5.56 Å². The number of aromatic hydroxyl groups is 1. The van der Waals surface area contributed by atoms with Gasteiger partial charge in [0, 0.05) is 4.47 Å². The van der Waals surface area contributed by atoms with Gasteiger partial charge in [0.15, 0.2) is 11.6 Å². The number of phenols is 1. The smallest absolute Gasteiger partial charge is 0.228 e. The second-order valence-corrected chi connectivity index (χ2v) is 5.05. The number of benzene rings is 2. The molecule has 0 aromatic heterocycles. The Balaban J connectivity index is 2.13. The first kappa shape index (κ1) is 14.5. The van der Waals surface area contributed by atoms with Crippen LogP contribution in [0, 0.1) is 11.6 Å². The van der Waals surface area contributed by atoms with E-state index < -0.39 is 23.2 Å². The number of amides is 1. The maximum absolute atomic E-state index is 13.5. The average Bonchev–Trinajstić information content (AvgIpc) is 2.33. The number of rotatable bonds is 3. The van der Waals surface area contributed by atoms with E-state index in [9.17, 15) is 18.7 Å². The molecule has 0 aliphatic rings. The quantitative estimate of drug-likeness (QED) is 0.895. The molecule has 0 aliphatic heterocycles. The average molecular weight is 342 g/mol. The van der Waals surface area contributed by atoms with Crippen LogP contribution in [0.4, 0.5) is 14.5 Å². The molecule has 0 heterocycles. The third-order valence-electron chi connectivity index (χ3n) is 2.55. The first-order chi connectivity index (χ1) is 9.45. The van der Waals surface area contributed by atoms with Crippen LogP contribution >= 0.6 is 15.9 Å². The fraction of sp³-hybridized carbons (Fsp3) is 0.0714. The summed E-state index contributed by atoms with van der Waals surface area (Å²) in [5.41, 5.74) is 0.0544. The van der Waals surface area contributed by atoms with E-state index in [0.717, 1.165) is 12.1 Å². The summed E-state index contributed by atoms with van der Waals surface area (Å²) < 4.78 is 27.3. The number of nitrogens with one attached hydrogen (secondary N) is 1. The largest absolute Gasteiger partial charge is 0.508 e. The summed E-state index contributed by atoms with van der Waals surface area (Å²) in [6.07, 6.45) is -0.0939. The monoisotopic (exact) mass is 341 g/mol. The van der Waals surface area contributed by atoms with E-state index in [1.807, 2.05) is 0 Å². The SMILES string of the molecule is O=C(Cc1cccc(O)c1)Nc1c(F)cc(Br)cc1F. The van der Waals surface area contributed by atoms with Gasteiger partial charge in [-0.2, -0.15) is 0 Å². The highest BCUT2D eigenvalue weighted by atomic mass is 79.9. The van der Waals surface area contributed by atoms with E-state index in [1.54, 1.807) is 12.1 Å². The number of phenolic OH excluding ortho intramolecular Hbond substituents is 1. The van der Waals surface area contributed by atoms with Crippen LogP contribution in [0.2, 0.25) is 0 Å². The Morgan fingerprint density at radius 3 is 2.45 bits per heavy atom. The van der Waals surface area contributed by atoms with Gasteiger partial charge in [-0.15, -0.1) is 0 Å². The number of halogens is 3. The van der Waals surface area contributed by atoms with Crippen molar-refractivity contribution in [1.29, 1.82) is 0 Å². The number of hydrogen-bond donors (Lipinski definition) is 2. The molecule has 2 N–H and O–H groups in total. The fourth-order valence-electron chi connectivity index (χ4n) is 1.70. The lowest BCUT2D eigenvalue weighted by Gasteiger charge is -2.08. The molecule has 0 fully saturated rings. The lowest BCUT2D eigenvalue weighted by atomic mass is 10.1. The number of carbonyl (C=O) groups excluding carboxylic acids is 1. The van der Waals surface area contributed by atoms with Crippen molar-refractivity contribution in [2.75, 3.05) is 5.32 Å². The highest BCUT2D eigenvalue weighted by Gasteiger charge is 2.14. The van der Waals surface area contributed by atoms with Crippen LogP contribution in [-0.4, -0.2) is 11.0 Å². The second kappa shape index (κ2) is 6.00. The number of anilines is 1. The number of hydrogen-bond acceptors (Lipinski definition) is 2. The molecular formula is C14H10BrF2NO2. The van der Waals surface area contributed by atoms with Gasteiger partial charge < -0.3 is 10.4 Å². The summed E-state index contributed by atoms with van der Waals surface area (Å²) in [5.74, 6) is -2.27. The van der Waals surface area contributed by atoms with Gasteiger partial charge in [0.1, 0.15) is 11.4 Å². The van der Waals surface area contributed by atoms with Gasteiger partial charge in [-0.1, -0.05) is 28.1 Å². The molecule has 1 amide bonds. The van der Waals surface area contributed by atoms with Crippen molar-refractivity contribution in [3.05, 3.63) is 58.1 Å². The zero-order valence-electron chi connectivity index (χ0n) is 10.2. The van der Waals surface area contributed by atoms with Crippen LogP contribution in [0.15, 0.2) is 40.9 Å². The molecule has 0 bridgehead atoms. The highest BCUT2D eigenvalue weighted by Crippen LogP contribution is 2.24. The molecule has 20 heavy (non-hydrogen) atoms. The van der Waals surface area contributed by atoms with Crippen molar-refractivity contribution in [3.8, 4) is 5.75 Å². The predicted octanol–water partition coefficient (Wildman–Crippen LogP) is 3.61. The Bertz CT molecular complexity index is 638. The number of carbonyl (C=O) groups is 1. The fourth-order valence-corrected chi connectivity index (χ4v) is 2.10. The van der Waals surface area contributed by atoms with Crippen LogP contribution in [0.5, 0.6) is 5.75 Å². The molecule has 0 aliphatic carbocycles. The van der Waals surface area contributed by atoms with Gasteiger partial charge in [0.05, 0.1) is 6.42 Å². The molecule has 0 saturated carbocycles. The van der Waals surface area contributed by atoms with Crippen molar-refractivity contribution in [3.63, 3.8) is 0 Å². The molecule has 3 nitrogen and oxygen atoms in total. The predicted molar refractivity (Wildman–Crippen MR) is 74.5 cm³/mol. The first-order valence-corrected chi connectivity index (χ1v) is 6.47. The third kappa shape index (κ3) is 3.54. The van der Waals surface area contributed by atoms with Gasteiger partial charge in [-0.3, -0.25) is 4.79 Å². The minimum atomic E-state index is -0.860. The second-order valence-electron chi connectivity index (χ2n) is 4.14. The Kier molecular flexibility index (Phi) is 4.34. The topological polar surface area (TPSA) is 49.3 Å². The molecular weight excluding hydrogens is 332 g/mol. The molecule has 2 aromatic rings. The van der Waals surface area contributed by atoms with E-state index in [2.05, 4.69) is 21.2 Å². The molecule has 0 spiro atoms. The summed E-state index contributed by atoms with van der Waals surface area (Å²) in [6.45, 7) is 0. The molecule has 0 atom stereocenters. The summed E-state index contributed by atoms with van der Waals surface area (Å²) in [4.78, 5) is 11.7.